The number of benzene rings is 2. The van der Waals surface area contributed by atoms with Gasteiger partial charge in [0, 0.05) is 23.3 Å². The lowest BCUT2D eigenvalue weighted by atomic mass is 10.1. The van der Waals surface area contributed by atoms with E-state index in [1.807, 2.05) is 38.2 Å². The van der Waals surface area contributed by atoms with Crippen molar-refractivity contribution in [2.24, 2.45) is 7.05 Å². The molecule has 0 aliphatic heterocycles. The third-order valence-electron chi connectivity index (χ3n) is 4.31. The molecule has 4 heteroatoms. The van der Waals surface area contributed by atoms with Gasteiger partial charge in [-0.25, -0.2) is 0 Å². The summed E-state index contributed by atoms with van der Waals surface area (Å²) < 4.78 is 3.47. The molecule has 0 bridgehead atoms. The predicted molar refractivity (Wildman–Crippen MR) is 89.4 cm³/mol. The van der Waals surface area contributed by atoms with Gasteiger partial charge in [-0.05, 0) is 25.1 Å². The van der Waals surface area contributed by atoms with Gasteiger partial charge in [-0.1, -0.05) is 29.8 Å². The van der Waals surface area contributed by atoms with Crippen molar-refractivity contribution in [2.45, 2.75) is 6.92 Å². The fraction of sp³-hybridized carbons (Fsp3) is 0.167. The Morgan fingerprint density at radius 1 is 1.00 bits per heavy atom. The Hall–Kier alpha value is -2.75. The van der Waals surface area contributed by atoms with Crippen LogP contribution < -0.4 is 10.4 Å². The Morgan fingerprint density at radius 3 is 2.55 bits per heavy atom. The van der Waals surface area contributed by atoms with Crippen LogP contribution in [0.1, 0.15) is 5.56 Å². The average molecular weight is 292 g/mol. The molecule has 22 heavy (non-hydrogen) atoms. The quantitative estimate of drug-likeness (QED) is 0.540. The monoisotopic (exact) mass is 292 g/mol. The van der Waals surface area contributed by atoms with Crippen LogP contribution in [0.15, 0.2) is 47.3 Å². The Kier molecular flexibility index (Phi) is 2.57. The van der Waals surface area contributed by atoms with Crippen LogP contribution in [0.25, 0.3) is 32.7 Å². The SMILES string of the molecule is COn1c(=O)c2c3cc(C)ccc3n(C)c2c2ccccc21. The molecular formula is C18H16N2O2. The van der Waals surface area contributed by atoms with Crippen LogP contribution in [0.3, 0.4) is 0 Å². The number of nitrogens with zero attached hydrogens (tertiary/aromatic N) is 2. The van der Waals surface area contributed by atoms with Gasteiger partial charge in [-0.3, -0.25) is 4.79 Å². The fourth-order valence-electron chi connectivity index (χ4n) is 3.33. The second-order valence-electron chi connectivity index (χ2n) is 5.60. The van der Waals surface area contributed by atoms with Crippen molar-refractivity contribution in [3.8, 4) is 0 Å². The zero-order valence-electron chi connectivity index (χ0n) is 12.8. The van der Waals surface area contributed by atoms with Crippen LogP contribution in [-0.4, -0.2) is 16.4 Å². The fourth-order valence-corrected chi connectivity index (χ4v) is 3.33. The highest BCUT2D eigenvalue weighted by atomic mass is 16.6. The average Bonchev–Trinajstić information content (AvgIpc) is 2.81. The lowest BCUT2D eigenvalue weighted by Crippen LogP contribution is -2.25. The molecule has 0 aliphatic carbocycles. The van der Waals surface area contributed by atoms with Gasteiger partial charge in [0.25, 0.3) is 5.56 Å². The molecule has 0 amide bonds. The Balaban J connectivity index is 2.44. The highest BCUT2D eigenvalue weighted by Gasteiger charge is 2.18. The van der Waals surface area contributed by atoms with E-state index in [0.717, 1.165) is 32.9 Å². The topological polar surface area (TPSA) is 36.2 Å². The largest absolute Gasteiger partial charge is 0.413 e. The number of aromatic nitrogens is 2. The van der Waals surface area contributed by atoms with Gasteiger partial charge in [-0.15, -0.1) is 4.73 Å². The van der Waals surface area contributed by atoms with Crippen molar-refractivity contribution >= 4 is 32.7 Å². The number of aryl methyl sites for hydroxylation is 2. The summed E-state index contributed by atoms with van der Waals surface area (Å²) in [5.41, 5.74) is 3.81. The van der Waals surface area contributed by atoms with Gasteiger partial charge in [0.15, 0.2) is 0 Å². The minimum Gasteiger partial charge on any atom is -0.413 e. The summed E-state index contributed by atoms with van der Waals surface area (Å²) in [7, 11) is 3.53. The van der Waals surface area contributed by atoms with Crippen molar-refractivity contribution in [1.29, 1.82) is 0 Å². The van der Waals surface area contributed by atoms with Gasteiger partial charge in [0.1, 0.15) is 7.11 Å². The molecule has 2 aromatic carbocycles. The molecule has 110 valence electrons. The van der Waals surface area contributed by atoms with Crippen LogP contribution in [-0.2, 0) is 7.05 Å². The summed E-state index contributed by atoms with van der Waals surface area (Å²) in [6, 6.07) is 14.0. The molecule has 0 N–H and O–H groups in total. The Bertz CT molecular complexity index is 1100. The first-order chi connectivity index (χ1) is 10.6. The molecule has 0 aliphatic rings. The predicted octanol–water partition coefficient (Wildman–Crippen LogP) is 3.01. The van der Waals surface area contributed by atoms with E-state index in [0.29, 0.717) is 5.39 Å². The van der Waals surface area contributed by atoms with Crippen molar-refractivity contribution in [3.63, 3.8) is 0 Å². The summed E-state index contributed by atoms with van der Waals surface area (Å²) in [6.45, 7) is 2.04. The van der Waals surface area contributed by atoms with Crippen molar-refractivity contribution in [1.82, 2.24) is 9.30 Å². The number of rotatable bonds is 1. The minimum absolute atomic E-state index is 0.118. The maximum atomic E-state index is 12.9. The number of fused-ring (bicyclic) bond motifs is 5. The number of para-hydroxylation sites is 1. The summed E-state index contributed by atoms with van der Waals surface area (Å²) >= 11 is 0. The maximum absolute atomic E-state index is 12.9. The van der Waals surface area contributed by atoms with Crippen molar-refractivity contribution in [3.05, 3.63) is 58.4 Å². The number of hydrogen-bond acceptors (Lipinski definition) is 2. The lowest BCUT2D eigenvalue weighted by Gasteiger charge is -2.10. The third-order valence-corrected chi connectivity index (χ3v) is 4.31. The van der Waals surface area contributed by atoms with E-state index in [4.69, 9.17) is 4.84 Å². The zero-order valence-corrected chi connectivity index (χ0v) is 12.8. The summed E-state index contributed by atoms with van der Waals surface area (Å²) in [6.07, 6.45) is 0. The molecule has 4 aromatic rings. The smallest absolute Gasteiger partial charge is 0.293 e. The van der Waals surface area contributed by atoms with Crippen LogP contribution in [0.5, 0.6) is 0 Å². The van der Waals surface area contributed by atoms with E-state index in [2.05, 4.69) is 22.8 Å². The third kappa shape index (κ3) is 1.49. The van der Waals surface area contributed by atoms with E-state index in [9.17, 15) is 4.79 Å². The molecule has 0 unspecified atom stereocenters. The van der Waals surface area contributed by atoms with Gasteiger partial charge in [0.2, 0.25) is 0 Å². The zero-order chi connectivity index (χ0) is 15.4. The summed E-state index contributed by atoms with van der Waals surface area (Å²) in [5, 5.41) is 2.69. The molecule has 0 atom stereocenters. The second-order valence-corrected chi connectivity index (χ2v) is 5.60. The van der Waals surface area contributed by atoms with E-state index in [1.54, 1.807) is 0 Å². The first-order valence-electron chi connectivity index (χ1n) is 7.20. The molecule has 0 fully saturated rings. The normalized spacial score (nSPS) is 11.6. The Morgan fingerprint density at radius 2 is 1.77 bits per heavy atom. The number of pyridine rings is 1. The standard InChI is InChI=1S/C18H16N2O2/c1-11-8-9-14-13(10-11)16-17(19(14)2)12-6-4-5-7-15(12)20(22-3)18(16)21/h4-10H,1-3H3. The molecular weight excluding hydrogens is 276 g/mol. The highest BCUT2D eigenvalue weighted by Crippen LogP contribution is 2.31. The van der Waals surface area contributed by atoms with Crippen LogP contribution in [0, 0.1) is 6.92 Å². The van der Waals surface area contributed by atoms with Crippen molar-refractivity contribution < 1.29 is 4.84 Å². The van der Waals surface area contributed by atoms with E-state index in [1.165, 1.54) is 11.8 Å². The van der Waals surface area contributed by atoms with E-state index in [-0.39, 0.29) is 5.56 Å². The van der Waals surface area contributed by atoms with Gasteiger partial charge in [-0.2, -0.15) is 0 Å². The maximum Gasteiger partial charge on any atom is 0.293 e. The molecule has 2 aromatic heterocycles. The molecule has 4 rings (SSSR count). The lowest BCUT2D eigenvalue weighted by molar-refractivity contribution is 0.170. The molecule has 0 saturated heterocycles. The second kappa shape index (κ2) is 4.37. The molecule has 4 nitrogen and oxygen atoms in total. The first kappa shape index (κ1) is 13.0. The highest BCUT2D eigenvalue weighted by molar-refractivity contribution is 6.16. The summed E-state index contributed by atoms with van der Waals surface area (Å²) in [5.74, 6) is 0. The van der Waals surface area contributed by atoms with E-state index < -0.39 is 0 Å². The van der Waals surface area contributed by atoms with Gasteiger partial charge >= 0.3 is 0 Å². The first-order valence-corrected chi connectivity index (χ1v) is 7.20. The molecule has 0 spiro atoms. The van der Waals surface area contributed by atoms with Crippen LogP contribution in [0.4, 0.5) is 0 Å². The summed E-state index contributed by atoms with van der Waals surface area (Å²) in [4.78, 5) is 18.3. The number of hydrogen-bond donors (Lipinski definition) is 0. The Labute approximate surface area is 127 Å². The van der Waals surface area contributed by atoms with Crippen LogP contribution >= 0.6 is 0 Å². The molecule has 0 radical (unpaired) electrons. The molecule has 2 heterocycles. The van der Waals surface area contributed by atoms with Crippen molar-refractivity contribution in [2.75, 3.05) is 7.11 Å². The van der Waals surface area contributed by atoms with Gasteiger partial charge in [0.05, 0.1) is 16.4 Å². The van der Waals surface area contributed by atoms with Crippen LogP contribution in [0.2, 0.25) is 0 Å². The van der Waals surface area contributed by atoms with E-state index >= 15 is 0 Å². The molecule has 0 saturated carbocycles. The van der Waals surface area contributed by atoms with Gasteiger partial charge < -0.3 is 9.40 Å². The minimum atomic E-state index is -0.118.